The number of aliphatic hydroxyl groups is 1. The van der Waals surface area contributed by atoms with E-state index in [0.29, 0.717) is 12.2 Å². The fourth-order valence-corrected chi connectivity index (χ4v) is 4.78. The molecule has 1 amide bonds. The Morgan fingerprint density at radius 3 is 3.04 bits per heavy atom. The van der Waals surface area contributed by atoms with E-state index in [1.54, 1.807) is 7.11 Å². The van der Waals surface area contributed by atoms with Crippen LogP contribution in [0.4, 0.5) is 0 Å². The highest BCUT2D eigenvalue weighted by Gasteiger charge is 2.36. The van der Waals surface area contributed by atoms with Crippen molar-refractivity contribution in [1.82, 2.24) is 14.3 Å². The van der Waals surface area contributed by atoms with Crippen LogP contribution in [0.1, 0.15) is 36.7 Å². The summed E-state index contributed by atoms with van der Waals surface area (Å²) in [4.78, 5) is 20.6. The number of thiazole rings is 1. The molecule has 6 nitrogen and oxygen atoms in total. The van der Waals surface area contributed by atoms with E-state index in [1.165, 1.54) is 11.3 Å². The van der Waals surface area contributed by atoms with Crippen LogP contribution in [0.2, 0.25) is 0 Å². The van der Waals surface area contributed by atoms with Crippen LogP contribution < -0.4 is 4.74 Å². The molecule has 0 unspecified atom stereocenters. The smallest absolute Gasteiger partial charge is 0.271 e. The van der Waals surface area contributed by atoms with Crippen molar-refractivity contribution in [3.8, 4) is 17.0 Å². The second kappa shape index (κ2) is 7.56. The first-order valence-electron chi connectivity index (χ1n) is 9.60. The van der Waals surface area contributed by atoms with Gasteiger partial charge in [0, 0.05) is 35.6 Å². The molecule has 3 heterocycles. The predicted molar refractivity (Wildman–Crippen MR) is 110 cm³/mol. The normalized spacial score (nSPS) is 19.9. The molecule has 2 aromatic heterocycles. The highest BCUT2D eigenvalue weighted by Crippen LogP contribution is 2.34. The van der Waals surface area contributed by atoms with Crippen LogP contribution in [0.5, 0.6) is 5.75 Å². The Morgan fingerprint density at radius 2 is 2.29 bits per heavy atom. The van der Waals surface area contributed by atoms with Crippen molar-refractivity contribution < 1.29 is 14.6 Å². The minimum absolute atomic E-state index is 0.00631. The number of aliphatic hydroxyl groups excluding tert-OH is 1. The van der Waals surface area contributed by atoms with Crippen molar-refractivity contribution >= 4 is 22.2 Å². The van der Waals surface area contributed by atoms with Gasteiger partial charge in [-0.1, -0.05) is 19.1 Å². The largest absolute Gasteiger partial charge is 0.497 e. The van der Waals surface area contributed by atoms with Crippen molar-refractivity contribution in [3.05, 3.63) is 41.5 Å². The maximum atomic E-state index is 13.2. The van der Waals surface area contributed by atoms with Crippen molar-refractivity contribution in [3.63, 3.8) is 0 Å². The Kier molecular flexibility index (Phi) is 5.12. The lowest BCUT2D eigenvalue weighted by Gasteiger charge is -2.41. The fourth-order valence-electron chi connectivity index (χ4n) is 3.93. The Bertz CT molecular complexity index is 990. The van der Waals surface area contributed by atoms with Crippen molar-refractivity contribution in [2.75, 3.05) is 26.8 Å². The average Bonchev–Trinajstić information content (AvgIpc) is 3.34. The summed E-state index contributed by atoms with van der Waals surface area (Å²) in [7, 11) is 1.64. The quantitative estimate of drug-likeness (QED) is 0.710. The molecule has 1 N–H and O–H groups in total. The summed E-state index contributed by atoms with van der Waals surface area (Å²) in [5.74, 6) is 0.783. The van der Waals surface area contributed by atoms with E-state index < -0.39 is 0 Å². The highest BCUT2D eigenvalue weighted by molar-refractivity contribution is 7.15. The van der Waals surface area contributed by atoms with Gasteiger partial charge in [0.05, 0.1) is 19.4 Å². The Labute approximate surface area is 168 Å². The molecule has 0 radical (unpaired) electrons. The number of nitrogens with zero attached hydrogens (tertiary/aromatic N) is 3. The standard InChI is InChI=1S/C21H25N3O3S/c1-3-21(14-25)8-5-9-23(13-21)19(26)18-12-28-20-22-17(11-24(18)20)15-6-4-7-16(10-15)27-2/h4,6-7,10-12,25H,3,5,8-9,13-14H2,1-2H3/t21-/m1/s1. The second-order valence-electron chi connectivity index (χ2n) is 7.47. The van der Waals surface area contributed by atoms with E-state index in [2.05, 4.69) is 11.9 Å². The SMILES string of the molecule is CC[C@@]1(CO)CCCN(C(=O)c2csc3nc(-c4cccc(OC)c4)cn23)C1. The van der Waals surface area contributed by atoms with Crippen molar-refractivity contribution in [1.29, 1.82) is 0 Å². The zero-order valence-corrected chi connectivity index (χ0v) is 17.0. The predicted octanol–water partition coefficient (Wildman–Crippen LogP) is 3.70. The van der Waals surface area contributed by atoms with E-state index in [0.717, 1.165) is 47.8 Å². The van der Waals surface area contributed by atoms with Crippen LogP contribution in [-0.2, 0) is 0 Å². The van der Waals surface area contributed by atoms with Crippen LogP contribution >= 0.6 is 11.3 Å². The van der Waals surface area contributed by atoms with Crippen LogP contribution in [0.25, 0.3) is 16.2 Å². The molecule has 28 heavy (non-hydrogen) atoms. The fraction of sp³-hybridized carbons (Fsp3) is 0.429. The molecule has 0 bridgehead atoms. The molecule has 1 atom stereocenters. The first-order chi connectivity index (χ1) is 13.6. The van der Waals surface area contributed by atoms with E-state index >= 15 is 0 Å². The van der Waals surface area contributed by atoms with Gasteiger partial charge in [0.2, 0.25) is 0 Å². The van der Waals surface area contributed by atoms with Gasteiger partial charge >= 0.3 is 0 Å². The number of benzene rings is 1. The van der Waals surface area contributed by atoms with Gasteiger partial charge < -0.3 is 14.7 Å². The van der Waals surface area contributed by atoms with E-state index in [4.69, 9.17) is 4.74 Å². The zero-order chi connectivity index (χ0) is 19.7. The number of hydrogen-bond donors (Lipinski definition) is 1. The minimum Gasteiger partial charge on any atom is -0.497 e. The third-order valence-electron chi connectivity index (χ3n) is 5.83. The van der Waals surface area contributed by atoms with Gasteiger partial charge in [-0.15, -0.1) is 11.3 Å². The maximum absolute atomic E-state index is 13.2. The van der Waals surface area contributed by atoms with Crippen LogP contribution in [-0.4, -0.2) is 52.1 Å². The number of amides is 1. The number of aromatic nitrogens is 2. The number of methoxy groups -OCH3 is 1. The number of ether oxygens (including phenoxy) is 1. The molecule has 0 saturated carbocycles. The van der Waals surface area contributed by atoms with Gasteiger partial charge in [-0.2, -0.15) is 0 Å². The van der Waals surface area contributed by atoms with Gasteiger partial charge in [0.15, 0.2) is 4.96 Å². The Hall–Kier alpha value is -2.38. The van der Waals surface area contributed by atoms with Gasteiger partial charge in [-0.3, -0.25) is 9.20 Å². The third kappa shape index (κ3) is 3.29. The van der Waals surface area contributed by atoms with Gasteiger partial charge in [0.25, 0.3) is 5.91 Å². The summed E-state index contributed by atoms with van der Waals surface area (Å²) < 4.78 is 7.18. The van der Waals surface area contributed by atoms with Gasteiger partial charge in [-0.25, -0.2) is 4.98 Å². The van der Waals surface area contributed by atoms with E-state index in [1.807, 2.05) is 45.1 Å². The second-order valence-corrected chi connectivity index (χ2v) is 8.31. The zero-order valence-electron chi connectivity index (χ0n) is 16.2. The molecule has 1 saturated heterocycles. The summed E-state index contributed by atoms with van der Waals surface area (Å²) in [5, 5.41) is 11.7. The Morgan fingerprint density at radius 1 is 1.43 bits per heavy atom. The number of imidazole rings is 1. The minimum atomic E-state index is -0.177. The van der Waals surface area contributed by atoms with Gasteiger partial charge in [0.1, 0.15) is 11.4 Å². The number of likely N-dealkylation sites (tertiary alicyclic amines) is 1. The molecule has 1 aliphatic heterocycles. The first-order valence-corrected chi connectivity index (χ1v) is 10.5. The number of piperidine rings is 1. The summed E-state index contributed by atoms with van der Waals surface area (Å²) in [6.07, 6.45) is 4.68. The molecule has 1 fully saturated rings. The molecule has 0 aliphatic carbocycles. The number of rotatable bonds is 5. The molecule has 0 spiro atoms. The van der Waals surface area contributed by atoms with Crippen molar-refractivity contribution in [2.24, 2.45) is 5.41 Å². The molecule has 3 aromatic rings. The van der Waals surface area contributed by atoms with Crippen LogP contribution in [0.3, 0.4) is 0 Å². The molecule has 7 heteroatoms. The van der Waals surface area contributed by atoms with E-state index in [-0.39, 0.29) is 17.9 Å². The summed E-state index contributed by atoms with van der Waals surface area (Å²) in [5.41, 5.74) is 2.23. The molecule has 1 aromatic carbocycles. The van der Waals surface area contributed by atoms with Crippen LogP contribution in [0.15, 0.2) is 35.8 Å². The maximum Gasteiger partial charge on any atom is 0.271 e. The number of carbonyl (C=O) groups excluding carboxylic acids is 1. The summed E-state index contributed by atoms with van der Waals surface area (Å²) in [6.45, 7) is 3.55. The third-order valence-corrected chi connectivity index (χ3v) is 6.67. The van der Waals surface area contributed by atoms with E-state index in [9.17, 15) is 9.90 Å². The topological polar surface area (TPSA) is 67.1 Å². The lowest BCUT2D eigenvalue weighted by Crippen LogP contribution is -2.47. The van der Waals surface area contributed by atoms with Crippen LogP contribution in [0, 0.1) is 5.41 Å². The summed E-state index contributed by atoms with van der Waals surface area (Å²) in [6, 6.07) is 7.75. The summed E-state index contributed by atoms with van der Waals surface area (Å²) >= 11 is 1.47. The molecular weight excluding hydrogens is 374 g/mol. The average molecular weight is 400 g/mol. The lowest BCUT2D eigenvalue weighted by molar-refractivity contribution is 0.0248. The first kappa shape index (κ1) is 19.0. The number of fused-ring (bicyclic) bond motifs is 1. The molecule has 148 valence electrons. The highest BCUT2D eigenvalue weighted by atomic mass is 32.1. The monoisotopic (exact) mass is 399 g/mol. The molecule has 4 rings (SSSR count). The molecular formula is C21H25N3O3S. The Balaban J connectivity index is 1.64. The van der Waals surface area contributed by atoms with Crippen molar-refractivity contribution in [2.45, 2.75) is 26.2 Å². The molecule has 1 aliphatic rings. The number of hydrogen-bond acceptors (Lipinski definition) is 5. The van der Waals surface area contributed by atoms with Gasteiger partial charge in [-0.05, 0) is 31.4 Å². The number of carbonyl (C=O) groups is 1. The lowest BCUT2D eigenvalue weighted by atomic mass is 9.78.